The number of nitrogens with two attached hydrogens (primary N) is 1. The quantitative estimate of drug-likeness (QED) is 0.561. The van der Waals surface area contributed by atoms with Gasteiger partial charge in [0.2, 0.25) is 0 Å². The lowest BCUT2D eigenvalue weighted by Gasteiger charge is -2.09. The number of hydrogen-bond donors (Lipinski definition) is 3. The molecule has 0 unspecified atom stereocenters. The molecule has 0 aliphatic carbocycles. The van der Waals surface area contributed by atoms with Gasteiger partial charge < -0.3 is 15.8 Å². The summed E-state index contributed by atoms with van der Waals surface area (Å²) in [6.45, 7) is 2.00. The topological polar surface area (TPSA) is 111 Å². The Morgan fingerprint density at radius 1 is 1.37 bits per heavy atom. The molecule has 0 atom stereocenters. The molecule has 1 heterocycles. The summed E-state index contributed by atoms with van der Waals surface area (Å²) in [4.78, 5) is 13.1. The van der Waals surface area contributed by atoms with E-state index >= 15 is 0 Å². The Kier molecular flexibility index (Phi) is 7.04. The van der Waals surface area contributed by atoms with Crippen LogP contribution in [0.1, 0.15) is 20.8 Å². The molecule has 0 saturated carbocycles. The van der Waals surface area contributed by atoms with Crippen molar-refractivity contribution < 1.29 is 17.9 Å². The molecule has 1 amide bonds. The number of hydrogen-bond acceptors (Lipinski definition) is 6. The lowest BCUT2D eigenvalue weighted by Crippen LogP contribution is -2.34. The van der Waals surface area contributed by atoms with Gasteiger partial charge in [-0.05, 0) is 55.4 Å². The SMILES string of the molecule is COc1ccc(Cl)cc1C(=O)NCCc1cc(C)c(S(=O)(=O)NC(N)=S)s1. The van der Waals surface area contributed by atoms with Crippen molar-refractivity contribution in [1.29, 1.82) is 0 Å². The number of thiocarbonyl (C=S) groups is 1. The largest absolute Gasteiger partial charge is 0.496 e. The van der Waals surface area contributed by atoms with Gasteiger partial charge in [-0.2, -0.15) is 0 Å². The average Bonchev–Trinajstić information content (AvgIpc) is 2.95. The van der Waals surface area contributed by atoms with E-state index in [1.54, 1.807) is 25.1 Å². The van der Waals surface area contributed by atoms with Crippen LogP contribution in [0.25, 0.3) is 0 Å². The summed E-state index contributed by atoms with van der Waals surface area (Å²) in [5, 5.41) is 2.89. The minimum absolute atomic E-state index is 0.146. The number of rotatable bonds is 7. The summed E-state index contributed by atoms with van der Waals surface area (Å²) in [7, 11) is -2.31. The molecule has 0 spiro atoms. The molecule has 0 aliphatic heterocycles. The molecule has 11 heteroatoms. The molecule has 0 radical (unpaired) electrons. The molecule has 2 aromatic rings. The van der Waals surface area contributed by atoms with Crippen molar-refractivity contribution in [3.05, 3.63) is 45.3 Å². The zero-order valence-corrected chi connectivity index (χ0v) is 17.7. The van der Waals surface area contributed by atoms with Crippen LogP contribution in [0.2, 0.25) is 5.02 Å². The van der Waals surface area contributed by atoms with Gasteiger partial charge in [0.1, 0.15) is 9.96 Å². The summed E-state index contributed by atoms with van der Waals surface area (Å²) in [5.41, 5.74) is 6.17. The summed E-state index contributed by atoms with van der Waals surface area (Å²) in [6, 6.07) is 6.53. The lowest BCUT2D eigenvalue weighted by molar-refractivity contribution is 0.0951. The molecule has 4 N–H and O–H groups in total. The summed E-state index contributed by atoms with van der Waals surface area (Å²) in [5.74, 6) is 0.0895. The predicted octanol–water partition coefficient (Wildman–Crippen LogP) is 2.21. The minimum Gasteiger partial charge on any atom is -0.496 e. The maximum atomic E-state index is 12.3. The third kappa shape index (κ3) is 5.55. The molecule has 0 aliphatic rings. The van der Waals surface area contributed by atoms with E-state index in [9.17, 15) is 13.2 Å². The van der Waals surface area contributed by atoms with E-state index in [0.717, 1.165) is 16.2 Å². The van der Waals surface area contributed by atoms with E-state index < -0.39 is 10.0 Å². The van der Waals surface area contributed by atoms with Gasteiger partial charge in [0, 0.05) is 16.4 Å². The Hall–Kier alpha value is -1.88. The first-order valence-corrected chi connectivity index (χ1v) is 10.8. The van der Waals surface area contributed by atoms with Crippen LogP contribution >= 0.6 is 35.2 Å². The van der Waals surface area contributed by atoms with E-state index in [-0.39, 0.29) is 15.2 Å². The smallest absolute Gasteiger partial charge is 0.273 e. The van der Waals surface area contributed by atoms with Crippen molar-refractivity contribution in [2.75, 3.05) is 13.7 Å². The number of amides is 1. The average molecular weight is 448 g/mol. The molecule has 0 fully saturated rings. The van der Waals surface area contributed by atoms with Crippen LogP contribution in [-0.4, -0.2) is 33.1 Å². The zero-order valence-electron chi connectivity index (χ0n) is 14.5. The van der Waals surface area contributed by atoms with Gasteiger partial charge in [0.05, 0.1) is 12.7 Å². The molecule has 1 aromatic carbocycles. The maximum Gasteiger partial charge on any atom is 0.273 e. The fraction of sp³-hybridized carbons (Fsp3) is 0.250. The van der Waals surface area contributed by atoms with Crippen molar-refractivity contribution in [2.45, 2.75) is 17.6 Å². The number of aryl methyl sites for hydroxylation is 1. The van der Waals surface area contributed by atoms with Gasteiger partial charge in [-0.1, -0.05) is 11.6 Å². The first-order chi connectivity index (χ1) is 12.6. The Bertz CT molecular complexity index is 973. The Balaban J connectivity index is 2.04. The van der Waals surface area contributed by atoms with Crippen LogP contribution in [-0.2, 0) is 16.4 Å². The molecule has 7 nitrogen and oxygen atoms in total. The number of methoxy groups -OCH3 is 1. The molecule has 146 valence electrons. The number of nitrogens with one attached hydrogen (secondary N) is 2. The fourth-order valence-corrected chi connectivity index (χ4v) is 5.47. The normalized spacial score (nSPS) is 11.1. The lowest BCUT2D eigenvalue weighted by atomic mass is 10.2. The summed E-state index contributed by atoms with van der Waals surface area (Å²) >= 11 is 11.6. The van der Waals surface area contributed by atoms with Gasteiger partial charge in [-0.25, -0.2) is 8.42 Å². The maximum absolute atomic E-state index is 12.3. The van der Waals surface area contributed by atoms with Crippen LogP contribution in [0.15, 0.2) is 28.5 Å². The highest BCUT2D eigenvalue weighted by Gasteiger charge is 2.21. The molecule has 0 saturated heterocycles. The first-order valence-electron chi connectivity index (χ1n) is 7.67. The van der Waals surface area contributed by atoms with Crippen LogP contribution < -0.4 is 20.5 Å². The Morgan fingerprint density at radius 3 is 2.70 bits per heavy atom. The van der Waals surface area contributed by atoms with Crippen LogP contribution in [0, 0.1) is 6.92 Å². The first kappa shape index (κ1) is 21.4. The van der Waals surface area contributed by atoms with Crippen molar-refractivity contribution in [2.24, 2.45) is 5.73 Å². The Morgan fingerprint density at radius 2 is 2.07 bits per heavy atom. The third-order valence-electron chi connectivity index (χ3n) is 3.47. The summed E-state index contributed by atoms with van der Waals surface area (Å²) < 4.78 is 31.8. The number of halogens is 1. The second-order valence-electron chi connectivity index (χ2n) is 5.50. The number of sulfonamides is 1. The van der Waals surface area contributed by atoms with E-state index in [4.69, 9.17) is 22.1 Å². The Labute approximate surface area is 171 Å². The highest BCUT2D eigenvalue weighted by atomic mass is 35.5. The predicted molar refractivity (Wildman–Crippen MR) is 110 cm³/mol. The molecule has 27 heavy (non-hydrogen) atoms. The fourth-order valence-electron chi connectivity index (χ4n) is 2.35. The van der Waals surface area contributed by atoms with Crippen molar-refractivity contribution >= 4 is 56.2 Å². The number of carbonyl (C=O) groups excluding carboxylic acids is 1. The molecule has 2 rings (SSSR count). The number of ether oxygens (including phenoxy) is 1. The summed E-state index contributed by atoms with van der Waals surface area (Å²) in [6.07, 6.45) is 0.461. The van der Waals surface area contributed by atoms with Crippen molar-refractivity contribution in [1.82, 2.24) is 10.0 Å². The second-order valence-corrected chi connectivity index (χ2v) is 9.39. The number of thiophene rings is 1. The molecule has 0 bridgehead atoms. The molecular formula is C16H18ClN3O4S3. The third-order valence-corrected chi connectivity index (χ3v) is 7.23. The monoisotopic (exact) mass is 447 g/mol. The van der Waals surface area contributed by atoms with Gasteiger partial charge in [0.15, 0.2) is 5.11 Å². The second kappa shape index (κ2) is 8.87. The van der Waals surface area contributed by atoms with Crippen LogP contribution in [0.5, 0.6) is 5.75 Å². The minimum atomic E-state index is -3.78. The van der Waals surface area contributed by atoms with Crippen LogP contribution in [0.3, 0.4) is 0 Å². The van der Waals surface area contributed by atoms with Crippen LogP contribution in [0.4, 0.5) is 0 Å². The van der Waals surface area contributed by atoms with E-state index in [0.29, 0.717) is 34.9 Å². The van der Waals surface area contributed by atoms with Gasteiger partial charge in [-0.15, -0.1) is 11.3 Å². The van der Waals surface area contributed by atoms with E-state index in [2.05, 4.69) is 22.3 Å². The number of benzene rings is 1. The zero-order chi connectivity index (χ0) is 20.2. The van der Waals surface area contributed by atoms with Crippen molar-refractivity contribution in [3.63, 3.8) is 0 Å². The number of carbonyl (C=O) groups is 1. The van der Waals surface area contributed by atoms with E-state index in [1.165, 1.54) is 13.2 Å². The van der Waals surface area contributed by atoms with Crippen molar-refractivity contribution in [3.8, 4) is 5.75 Å². The van der Waals surface area contributed by atoms with Gasteiger partial charge in [-0.3, -0.25) is 9.52 Å². The van der Waals surface area contributed by atoms with E-state index in [1.807, 2.05) is 0 Å². The standard InChI is InChI=1S/C16H18ClN3O4S3/c1-9-7-11(26-15(9)27(22,23)20-16(18)25)5-6-19-14(21)12-8-10(17)3-4-13(12)24-2/h3-4,7-8H,5-6H2,1-2H3,(H,19,21)(H3,18,20,25). The highest BCUT2D eigenvalue weighted by Crippen LogP contribution is 2.27. The molecule has 1 aromatic heterocycles. The molecular weight excluding hydrogens is 430 g/mol. The van der Waals surface area contributed by atoms with Gasteiger partial charge in [0.25, 0.3) is 15.9 Å². The highest BCUT2D eigenvalue weighted by molar-refractivity contribution is 7.93. The van der Waals surface area contributed by atoms with Gasteiger partial charge >= 0.3 is 0 Å².